The summed E-state index contributed by atoms with van der Waals surface area (Å²) in [5.74, 6) is 0.600. The molecule has 37 heavy (non-hydrogen) atoms. The first-order valence-corrected chi connectivity index (χ1v) is 15.2. The van der Waals surface area contributed by atoms with Crippen LogP contribution in [0.1, 0.15) is 39.2 Å². The Balaban J connectivity index is 1.58. The molecule has 5 rings (SSSR count). The fraction of sp³-hybridized carbons (Fsp3) is 0.241. The number of thiazole rings is 1. The highest BCUT2D eigenvalue weighted by Gasteiger charge is 2.25. The van der Waals surface area contributed by atoms with Crippen LogP contribution in [0.15, 0.2) is 70.4 Å². The molecule has 0 bridgehead atoms. The molecule has 3 N–H and O–H groups in total. The van der Waals surface area contributed by atoms with Crippen LogP contribution in [0.3, 0.4) is 0 Å². The van der Waals surface area contributed by atoms with Crippen molar-refractivity contribution in [2.75, 3.05) is 11.5 Å². The number of anilines is 1. The van der Waals surface area contributed by atoms with Crippen LogP contribution in [0.4, 0.5) is 5.69 Å². The van der Waals surface area contributed by atoms with Gasteiger partial charge in [-0.05, 0) is 65.3 Å². The number of aliphatic hydroxyl groups is 1. The molecule has 0 aliphatic heterocycles. The minimum atomic E-state index is -1.15. The minimum absolute atomic E-state index is 0.564. The number of hydrogen-bond acceptors (Lipinski definition) is 7. The van der Waals surface area contributed by atoms with Gasteiger partial charge in [-0.3, -0.25) is 0 Å². The Morgan fingerprint density at radius 1 is 1.03 bits per heavy atom. The highest BCUT2D eigenvalue weighted by Crippen LogP contribution is 2.44. The molecule has 0 fully saturated rings. The van der Waals surface area contributed by atoms with Crippen molar-refractivity contribution in [3.8, 4) is 33.0 Å². The van der Waals surface area contributed by atoms with Gasteiger partial charge in [0.1, 0.15) is 27.0 Å². The monoisotopic (exact) mass is 547 g/mol. The molecule has 0 radical (unpaired) electrons. The average Bonchev–Trinajstić information content (AvgIpc) is 3.55. The van der Waals surface area contributed by atoms with Crippen LogP contribution in [0.5, 0.6) is 0 Å². The van der Waals surface area contributed by atoms with E-state index in [2.05, 4.69) is 36.2 Å². The molecular formula is C29H29N3O2S3. The lowest BCUT2D eigenvalue weighted by atomic mass is 9.94. The zero-order valence-corrected chi connectivity index (χ0v) is 23.5. The van der Waals surface area contributed by atoms with E-state index in [1.54, 1.807) is 31.4 Å². The maximum atomic E-state index is 13.0. The van der Waals surface area contributed by atoms with Gasteiger partial charge in [-0.25, -0.2) is 9.97 Å². The second-order valence-electron chi connectivity index (χ2n) is 9.49. The van der Waals surface area contributed by atoms with Crippen LogP contribution in [0.2, 0.25) is 0 Å². The first-order valence-electron chi connectivity index (χ1n) is 12.2. The number of pyridine rings is 1. The van der Waals surface area contributed by atoms with Crippen molar-refractivity contribution in [2.24, 2.45) is 0 Å². The number of hydrogen-bond donors (Lipinski definition) is 2. The van der Waals surface area contributed by atoms with E-state index >= 15 is 0 Å². The van der Waals surface area contributed by atoms with Crippen molar-refractivity contribution in [1.82, 2.24) is 9.97 Å². The summed E-state index contributed by atoms with van der Waals surface area (Å²) in [7, 11) is 0. The number of rotatable bonds is 8. The smallest absolute Gasteiger partial charge is 0.232 e. The number of benzene rings is 2. The van der Waals surface area contributed by atoms with Gasteiger partial charge in [0.05, 0.1) is 5.60 Å². The SMILES string of the molecule is CCCC[S+]([O-])c1sc2nc(-c3nccs3)cc(-c3ccc(-c4ccc(C(C)(C)O)cc4)cc3)c2c1N. The number of thiophene rings is 1. The average molecular weight is 548 g/mol. The van der Waals surface area contributed by atoms with Crippen molar-refractivity contribution >= 4 is 49.8 Å². The largest absolute Gasteiger partial charge is 0.611 e. The molecule has 5 aromatic rings. The van der Waals surface area contributed by atoms with Gasteiger partial charge in [-0.2, -0.15) is 0 Å². The van der Waals surface area contributed by atoms with Gasteiger partial charge < -0.3 is 15.4 Å². The van der Waals surface area contributed by atoms with Crippen molar-refractivity contribution in [3.63, 3.8) is 0 Å². The third-order valence-electron chi connectivity index (χ3n) is 6.33. The fourth-order valence-corrected chi connectivity index (χ4v) is 7.63. The van der Waals surface area contributed by atoms with E-state index < -0.39 is 16.8 Å². The van der Waals surface area contributed by atoms with E-state index in [9.17, 15) is 9.66 Å². The van der Waals surface area contributed by atoms with E-state index in [1.807, 2.05) is 35.7 Å². The number of unbranched alkanes of at least 4 members (excludes halogenated alkanes) is 1. The van der Waals surface area contributed by atoms with Gasteiger partial charge in [-0.1, -0.05) is 73.2 Å². The molecule has 3 heterocycles. The number of nitrogens with zero attached hydrogens (tertiary/aromatic N) is 2. The highest BCUT2D eigenvalue weighted by molar-refractivity contribution is 7.93. The highest BCUT2D eigenvalue weighted by atomic mass is 32.2. The number of fused-ring (bicyclic) bond motifs is 1. The van der Waals surface area contributed by atoms with E-state index in [1.165, 1.54) is 11.3 Å². The van der Waals surface area contributed by atoms with Gasteiger partial charge in [0.2, 0.25) is 4.21 Å². The Hall–Kier alpha value is -2.75. The van der Waals surface area contributed by atoms with Crippen LogP contribution in [-0.2, 0) is 16.8 Å². The Labute approximate surface area is 228 Å². The molecular weight excluding hydrogens is 519 g/mol. The predicted molar refractivity (Wildman–Crippen MR) is 157 cm³/mol. The molecule has 1 atom stereocenters. The normalized spacial score (nSPS) is 12.8. The molecule has 5 nitrogen and oxygen atoms in total. The Kier molecular flexibility index (Phi) is 7.38. The molecule has 0 spiro atoms. The maximum absolute atomic E-state index is 13.0. The molecule has 0 aliphatic rings. The number of aromatic nitrogens is 2. The zero-order valence-electron chi connectivity index (χ0n) is 21.0. The second-order valence-corrected chi connectivity index (χ2v) is 13.2. The Morgan fingerprint density at radius 3 is 2.27 bits per heavy atom. The van der Waals surface area contributed by atoms with E-state index in [-0.39, 0.29) is 0 Å². The zero-order chi connectivity index (χ0) is 26.2. The summed E-state index contributed by atoms with van der Waals surface area (Å²) in [5.41, 5.74) is 12.1. The molecule has 190 valence electrons. The lowest BCUT2D eigenvalue weighted by Gasteiger charge is -2.18. The molecule has 0 aliphatic carbocycles. The molecule has 0 amide bonds. The fourth-order valence-electron chi connectivity index (χ4n) is 4.24. The lowest BCUT2D eigenvalue weighted by molar-refractivity contribution is 0.0786. The van der Waals surface area contributed by atoms with Crippen molar-refractivity contribution in [2.45, 2.75) is 43.4 Å². The predicted octanol–water partition coefficient (Wildman–Crippen LogP) is 7.47. The molecule has 3 aromatic heterocycles. The van der Waals surface area contributed by atoms with Crippen LogP contribution >= 0.6 is 22.7 Å². The third-order valence-corrected chi connectivity index (χ3v) is 10.1. The van der Waals surface area contributed by atoms with Gasteiger partial charge in [0.25, 0.3) is 0 Å². The quantitative estimate of drug-likeness (QED) is 0.196. The van der Waals surface area contributed by atoms with E-state index in [0.29, 0.717) is 15.6 Å². The first-order chi connectivity index (χ1) is 17.8. The molecule has 1 unspecified atom stereocenters. The first kappa shape index (κ1) is 25.9. The van der Waals surface area contributed by atoms with Crippen molar-refractivity contribution in [1.29, 1.82) is 0 Å². The van der Waals surface area contributed by atoms with Gasteiger partial charge in [-0.15, -0.1) is 11.3 Å². The number of nitrogens with two attached hydrogens (primary N) is 1. The van der Waals surface area contributed by atoms with Gasteiger partial charge in [0.15, 0.2) is 0 Å². The summed E-state index contributed by atoms with van der Waals surface area (Å²) in [4.78, 5) is 10.1. The van der Waals surface area contributed by atoms with Gasteiger partial charge in [0, 0.05) is 17.0 Å². The maximum Gasteiger partial charge on any atom is 0.232 e. The third kappa shape index (κ3) is 5.30. The molecule has 0 saturated heterocycles. The van der Waals surface area contributed by atoms with Crippen LogP contribution in [0, 0.1) is 0 Å². The Morgan fingerprint density at radius 2 is 1.68 bits per heavy atom. The molecule has 8 heteroatoms. The second kappa shape index (κ2) is 10.6. The summed E-state index contributed by atoms with van der Waals surface area (Å²) >= 11 is 1.82. The van der Waals surface area contributed by atoms with Crippen LogP contribution < -0.4 is 5.73 Å². The van der Waals surface area contributed by atoms with E-state index in [4.69, 9.17) is 10.7 Å². The topological polar surface area (TPSA) is 95.1 Å². The van der Waals surface area contributed by atoms with E-state index in [0.717, 1.165) is 61.6 Å². The number of nitrogen functional groups attached to an aromatic ring is 1. The lowest BCUT2D eigenvalue weighted by Crippen LogP contribution is -2.14. The summed E-state index contributed by atoms with van der Waals surface area (Å²) < 4.78 is 13.7. The minimum Gasteiger partial charge on any atom is -0.611 e. The molecule has 2 aromatic carbocycles. The van der Waals surface area contributed by atoms with Crippen LogP contribution in [0.25, 0.3) is 43.2 Å². The van der Waals surface area contributed by atoms with Crippen molar-refractivity contribution < 1.29 is 9.66 Å². The summed E-state index contributed by atoms with van der Waals surface area (Å²) in [6.45, 7) is 5.66. The summed E-state index contributed by atoms with van der Waals surface area (Å²) in [6.07, 6.45) is 3.65. The van der Waals surface area contributed by atoms with Crippen LogP contribution in [-0.4, -0.2) is 25.4 Å². The summed E-state index contributed by atoms with van der Waals surface area (Å²) in [6, 6.07) is 18.4. The van der Waals surface area contributed by atoms with Gasteiger partial charge >= 0.3 is 0 Å². The molecule has 0 saturated carbocycles. The summed E-state index contributed by atoms with van der Waals surface area (Å²) in [5, 5.41) is 13.9. The standard InChI is InChI=1S/C29H29N3O2S3/c1-4-5-16-37(34)28-25(30)24-22(17-23(32-27(24)36-28)26-31-14-15-35-26)20-8-6-18(7-9-20)19-10-12-21(13-11-19)29(2,3)33/h6-15,17,33H,4-5,16,30H2,1-3H3. The Bertz CT molecular complexity index is 1500. The van der Waals surface area contributed by atoms with Crippen molar-refractivity contribution in [3.05, 3.63) is 71.7 Å².